The fraction of sp³-hybridized carbons (Fsp3) is 0.176. The van der Waals surface area contributed by atoms with E-state index >= 15 is 0 Å². The molecule has 0 bridgehead atoms. The third-order valence-corrected chi connectivity index (χ3v) is 3.46. The summed E-state index contributed by atoms with van der Waals surface area (Å²) in [5, 5.41) is 5.54. The highest BCUT2D eigenvalue weighted by Gasteiger charge is 2.31. The lowest BCUT2D eigenvalue weighted by atomic mass is 10.2. The van der Waals surface area contributed by atoms with Gasteiger partial charge in [-0.15, -0.1) is 0 Å². The molecule has 0 N–H and O–H groups in total. The van der Waals surface area contributed by atoms with Gasteiger partial charge in [0.2, 0.25) is 0 Å². The molecule has 116 valence electrons. The van der Waals surface area contributed by atoms with Crippen LogP contribution in [0.15, 0.2) is 58.8 Å². The zero-order valence-corrected chi connectivity index (χ0v) is 13.3. The highest BCUT2D eigenvalue weighted by molar-refractivity contribution is 6.71. The Labute approximate surface area is 134 Å². The molecule has 23 heavy (non-hydrogen) atoms. The van der Waals surface area contributed by atoms with Gasteiger partial charge in [0, 0.05) is 26.0 Å². The van der Waals surface area contributed by atoms with E-state index in [4.69, 9.17) is 0 Å². The fourth-order valence-electron chi connectivity index (χ4n) is 2.22. The number of pyridine rings is 1. The highest BCUT2D eigenvalue weighted by Crippen LogP contribution is 2.21. The number of hydrazone groups is 1. The molecule has 0 saturated carbocycles. The van der Waals surface area contributed by atoms with Crippen molar-refractivity contribution < 1.29 is 4.79 Å². The number of rotatable bonds is 3. The van der Waals surface area contributed by atoms with Crippen LogP contribution in [0.2, 0.25) is 0 Å². The molecule has 1 amide bonds. The summed E-state index contributed by atoms with van der Waals surface area (Å²) in [5.74, 6) is 0.225. The predicted molar refractivity (Wildman–Crippen MR) is 92.7 cm³/mol. The number of nitrogens with zero attached hydrogens (tertiary/aromatic N) is 5. The van der Waals surface area contributed by atoms with Crippen molar-refractivity contribution in [1.29, 1.82) is 0 Å². The van der Waals surface area contributed by atoms with E-state index < -0.39 is 0 Å². The molecule has 6 heteroatoms. The molecule has 0 radical (unpaired) electrons. The molecule has 2 aromatic rings. The first kappa shape index (κ1) is 14.9. The van der Waals surface area contributed by atoms with Gasteiger partial charge in [-0.2, -0.15) is 10.1 Å². The molecule has 1 aromatic heterocycles. The molecular formula is C17H17N5O. The van der Waals surface area contributed by atoms with Crippen molar-refractivity contribution in [3.8, 4) is 0 Å². The Morgan fingerprint density at radius 3 is 2.43 bits per heavy atom. The predicted octanol–water partition coefficient (Wildman–Crippen LogP) is 2.64. The molecule has 2 heterocycles. The van der Waals surface area contributed by atoms with Gasteiger partial charge in [-0.25, -0.2) is 9.98 Å². The summed E-state index contributed by atoms with van der Waals surface area (Å²) in [6.45, 7) is 1.77. The van der Waals surface area contributed by atoms with E-state index in [1.807, 2.05) is 49.3 Å². The Hall–Kier alpha value is -3.02. The number of benzene rings is 1. The second-order valence-corrected chi connectivity index (χ2v) is 5.36. The minimum Gasteiger partial charge on any atom is -0.378 e. The molecule has 0 aliphatic carbocycles. The molecule has 3 rings (SSSR count). The monoisotopic (exact) mass is 307 g/mol. The van der Waals surface area contributed by atoms with Crippen LogP contribution in [0, 0.1) is 0 Å². The van der Waals surface area contributed by atoms with Crippen LogP contribution in [0.1, 0.15) is 6.92 Å². The van der Waals surface area contributed by atoms with Gasteiger partial charge in [0.05, 0.1) is 11.4 Å². The van der Waals surface area contributed by atoms with Gasteiger partial charge in [0.25, 0.3) is 0 Å². The molecule has 6 nitrogen and oxygen atoms in total. The number of carbonyl (C=O) groups is 1. The molecular weight excluding hydrogens is 290 g/mol. The van der Waals surface area contributed by atoms with Crippen LogP contribution in [-0.2, 0) is 4.79 Å². The van der Waals surface area contributed by atoms with Crippen molar-refractivity contribution in [2.75, 3.05) is 24.0 Å². The summed E-state index contributed by atoms with van der Waals surface area (Å²) in [7, 11) is 3.95. The number of hydrogen-bond acceptors (Lipinski definition) is 5. The standard InChI is InChI=1S/C17H17N5O/c1-12-16(19-13-7-9-14(10-8-13)21(2)3)17(23)22(20-12)15-6-4-5-11-18-15/h4-11H,1-3H3. The van der Waals surface area contributed by atoms with Crippen LogP contribution < -0.4 is 9.91 Å². The van der Waals surface area contributed by atoms with Crippen LogP contribution in [0.3, 0.4) is 0 Å². The van der Waals surface area contributed by atoms with Crippen LogP contribution in [0.4, 0.5) is 17.2 Å². The minimum absolute atomic E-state index is 0.266. The summed E-state index contributed by atoms with van der Waals surface area (Å²) >= 11 is 0. The van der Waals surface area contributed by atoms with Gasteiger partial charge in [-0.1, -0.05) is 6.07 Å². The molecule has 0 unspecified atom stereocenters. The van der Waals surface area contributed by atoms with E-state index in [-0.39, 0.29) is 5.91 Å². The maximum Gasteiger partial charge on any atom is 0.300 e. The van der Waals surface area contributed by atoms with E-state index in [1.54, 1.807) is 25.3 Å². The number of aromatic nitrogens is 1. The SMILES string of the molecule is CC1=NN(c2ccccn2)C(=O)C1=Nc1ccc(N(C)C)cc1. The van der Waals surface area contributed by atoms with Crippen molar-refractivity contribution in [3.63, 3.8) is 0 Å². The van der Waals surface area contributed by atoms with Crippen molar-refractivity contribution in [1.82, 2.24) is 4.98 Å². The van der Waals surface area contributed by atoms with Crippen molar-refractivity contribution >= 4 is 34.5 Å². The Morgan fingerprint density at radius 2 is 1.83 bits per heavy atom. The van der Waals surface area contributed by atoms with E-state index in [2.05, 4.69) is 15.1 Å². The molecule has 0 atom stereocenters. The smallest absolute Gasteiger partial charge is 0.300 e. The average molecular weight is 307 g/mol. The second kappa shape index (κ2) is 6.00. The normalized spacial score (nSPS) is 16.0. The molecule has 1 aliphatic rings. The first-order valence-corrected chi connectivity index (χ1v) is 7.23. The van der Waals surface area contributed by atoms with Crippen molar-refractivity contribution in [2.24, 2.45) is 10.1 Å². The van der Waals surface area contributed by atoms with Gasteiger partial charge in [-0.3, -0.25) is 4.79 Å². The Kier molecular flexibility index (Phi) is 3.89. The highest BCUT2D eigenvalue weighted by atomic mass is 16.2. The maximum absolute atomic E-state index is 12.5. The minimum atomic E-state index is -0.266. The third kappa shape index (κ3) is 2.96. The first-order valence-electron chi connectivity index (χ1n) is 7.23. The average Bonchev–Trinajstić information content (AvgIpc) is 2.84. The second-order valence-electron chi connectivity index (χ2n) is 5.36. The van der Waals surface area contributed by atoms with E-state index in [0.29, 0.717) is 17.2 Å². The lowest BCUT2D eigenvalue weighted by molar-refractivity contribution is -0.112. The fourth-order valence-corrected chi connectivity index (χ4v) is 2.22. The number of hydrogen-bond donors (Lipinski definition) is 0. The quantitative estimate of drug-likeness (QED) is 0.876. The van der Waals surface area contributed by atoms with Gasteiger partial charge >= 0.3 is 5.91 Å². The molecule has 1 aromatic carbocycles. The largest absolute Gasteiger partial charge is 0.378 e. The van der Waals surface area contributed by atoms with Crippen molar-refractivity contribution in [3.05, 3.63) is 48.7 Å². The summed E-state index contributed by atoms with van der Waals surface area (Å²) in [6, 6.07) is 13.0. The summed E-state index contributed by atoms with van der Waals surface area (Å²) in [5.41, 5.74) is 2.72. The maximum atomic E-state index is 12.5. The third-order valence-electron chi connectivity index (χ3n) is 3.46. The Bertz CT molecular complexity index is 778. The van der Waals surface area contributed by atoms with E-state index in [1.165, 1.54) is 5.01 Å². The van der Waals surface area contributed by atoms with Crippen LogP contribution in [-0.4, -0.2) is 36.4 Å². The van der Waals surface area contributed by atoms with Crippen LogP contribution >= 0.6 is 0 Å². The van der Waals surface area contributed by atoms with Crippen LogP contribution in [0.5, 0.6) is 0 Å². The molecule has 0 fully saturated rings. The van der Waals surface area contributed by atoms with E-state index in [0.717, 1.165) is 11.4 Å². The zero-order chi connectivity index (χ0) is 16.4. The van der Waals surface area contributed by atoms with Gasteiger partial charge in [-0.05, 0) is 43.3 Å². The van der Waals surface area contributed by atoms with Gasteiger partial charge in [0.15, 0.2) is 11.5 Å². The topological polar surface area (TPSA) is 61.2 Å². The zero-order valence-electron chi connectivity index (χ0n) is 13.3. The number of carbonyl (C=O) groups excluding carboxylic acids is 1. The lowest BCUT2D eigenvalue weighted by Gasteiger charge is -2.12. The Morgan fingerprint density at radius 1 is 1.09 bits per heavy atom. The number of anilines is 2. The van der Waals surface area contributed by atoms with Gasteiger partial charge in [0.1, 0.15) is 0 Å². The summed E-state index contributed by atoms with van der Waals surface area (Å²) in [4.78, 5) is 23.1. The van der Waals surface area contributed by atoms with E-state index in [9.17, 15) is 4.79 Å². The van der Waals surface area contributed by atoms with Gasteiger partial charge < -0.3 is 4.90 Å². The number of amides is 1. The molecule has 0 saturated heterocycles. The van der Waals surface area contributed by atoms with Crippen molar-refractivity contribution in [2.45, 2.75) is 6.92 Å². The Balaban J connectivity index is 1.89. The molecule has 0 spiro atoms. The molecule has 1 aliphatic heterocycles. The summed E-state index contributed by atoms with van der Waals surface area (Å²) in [6.07, 6.45) is 1.63. The number of aliphatic imine (C=N–C) groups is 1. The lowest BCUT2D eigenvalue weighted by Crippen LogP contribution is -2.27. The summed E-state index contributed by atoms with van der Waals surface area (Å²) < 4.78 is 0. The van der Waals surface area contributed by atoms with Crippen LogP contribution in [0.25, 0.3) is 0 Å². The first-order chi connectivity index (χ1) is 11.1.